The first-order valence-corrected chi connectivity index (χ1v) is 5.52. The molecule has 4 nitrogen and oxygen atoms in total. The van der Waals surface area contributed by atoms with E-state index in [-0.39, 0.29) is 12.1 Å². The number of hydrogen-bond acceptors (Lipinski definition) is 4. The fourth-order valence-electron chi connectivity index (χ4n) is 2.21. The molecule has 1 saturated heterocycles. The third-order valence-electron chi connectivity index (χ3n) is 3.08. The first kappa shape index (κ1) is 10.5. The predicted octanol–water partition coefficient (Wildman–Crippen LogP) is 0.879. The second-order valence-electron chi connectivity index (χ2n) is 4.13. The van der Waals surface area contributed by atoms with Crippen LogP contribution in [-0.2, 0) is 0 Å². The minimum Gasteiger partial charge on any atom is -0.326 e. The average molecular weight is 206 g/mol. The number of nitrogens with zero attached hydrogens (tertiary/aromatic N) is 3. The lowest BCUT2D eigenvalue weighted by atomic mass is 10.1. The Balaban J connectivity index is 2.24. The van der Waals surface area contributed by atoms with Crippen molar-refractivity contribution in [2.24, 2.45) is 5.73 Å². The predicted molar refractivity (Wildman–Crippen MR) is 59.3 cm³/mol. The van der Waals surface area contributed by atoms with Gasteiger partial charge in [0.1, 0.15) is 0 Å². The fourth-order valence-corrected chi connectivity index (χ4v) is 2.21. The van der Waals surface area contributed by atoms with Crippen LogP contribution in [-0.4, -0.2) is 34.2 Å². The summed E-state index contributed by atoms with van der Waals surface area (Å²) in [6, 6.07) is 4.49. The Labute approximate surface area is 90.5 Å². The molecule has 2 heterocycles. The van der Waals surface area contributed by atoms with Gasteiger partial charge in [-0.05, 0) is 32.0 Å². The molecule has 2 N–H and O–H groups in total. The molecule has 2 unspecified atom stereocenters. The van der Waals surface area contributed by atoms with Gasteiger partial charge in [0.05, 0.1) is 17.4 Å². The average Bonchev–Trinajstić information content (AvgIpc) is 2.61. The van der Waals surface area contributed by atoms with E-state index in [4.69, 9.17) is 5.73 Å². The van der Waals surface area contributed by atoms with E-state index in [0.29, 0.717) is 0 Å². The van der Waals surface area contributed by atoms with Crippen molar-refractivity contribution in [1.29, 1.82) is 0 Å². The van der Waals surface area contributed by atoms with Gasteiger partial charge in [-0.1, -0.05) is 6.92 Å². The largest absolute Gasteiger partial charge is 0.326 e. The molecule has 1 aromatic rings. The summed E-state index contributed by atoms with van der Waals surface area (Å²) in [5.41, 5.74) is 8.06. The van der Waals surface area contributed by atoms with E-state index in [0.717, 1.165) is 30.9 Å². The molecule has 2 atom stereocenters. The zero-order valence-electron chi connectivity index (χ0n) is 9.35. The van der Waals surface area contributed by atoms with Crippen LogP contribution in [0.1, 0.15) is 30.8 Å². The Kier molecular flexibility index (Phi) is 2.98. The molecule has 0 aliphatic carbocycles. The van der Waals surface area contributed by atoms with Gasteiger partial charge < -0.3 is 5.73 Å². The summed E-state index contributed by atoms with van der Waals surface area (Å²) in [7, 11) is 0. The number of nitrogens with two attached hydrogens (primary N) is 1. The Bertz CT molecular complexity index is 322. The highest BCUT2D eigenvalue weighted by molar-refractivity contribution is 5.13. The Hall–Kier alpha value is -1.00. The van der Waals surface area contributed by atoms with Crippen LogP contribution in [0, 0.1) is 6.92 Å². The van der Waals surface area contributed by atoms with Crippen LogP contribution in [0.4, 0.5) is 0 Å². The third-order valence-corrected chi connectivity index (χ3v) is 3.08. The summed E-state index contributed by atoms with van der Waals surface area (Å²) in [6.45, 7) is 6.20. The van der Waals surface area contributed by atoms with Gasteiger partial charge in [0, 0.05) is 12.6 Å². The van der Waals surface area contributed by atoms with Gasteiger partial charge in [0.15, 0.2) is 0 Å². The van der Waals surface area contributed by atoms with E-state index in [2.05, 4.69) is 22.0 Å². The van der Waals surface area contributed by atoms with Gasteiger partial charge >= 0.3 is 0 Å². The standard InChI is InChI=1S/C11H18N4/c1-3-15-7-6-9(12)11(15)10-5-4-8(2)13-14-10/h4-5,9,11H,3,6-7,12H2,1-2H3. The minimum atomic E-state index is 0.196. The van der Waals surface area contributed by atoms with Crippen molar-refractivity contribution >= 4 is 0 Å². The van der Waals surface area contributed by atoms with E-state index in [1.807, 2.05) is 19.1 Å². The maximum atomic E-state index is 6.11. The lowest BCUT2D eigenvalue weighted by Gasteiger charge is -2.24. The van der Waals surface area contributed by atoms with Gasteiger partial charge in [-0.25, -0.2) is 0 Å². The van der Waals surface area contributed by atoms with Crippen LogP contribution in [0.5, 0.6) is 0 Å². The second kappa shape index (κ2) is 4.24. The van der Waals surface area contributed by atoms with Crippen LogP contribution in [0.3, 0.4) is 0 Å². The van der Waals surface area contributed by atoms with E-state index in [9.17, 15) is 0 Å². The van der Waals surface area contributed by atoms with Gasteiger partial charge in [-0.2, -0.15) is 10.2 Å². The van der Waals surface area contributed by atoms with Crippen LogP contribution < -0.4 is 5.73 Å². The number of rotatable bonds is 2. The van der Waals surface area contributed by atoms with Crippen LogP contribution >= 0.6 is 0 Å². The first-order chi connectivity index (χ1) is 7.22. The zero-order valence-corrected chi connectivity index (χ0v) is 9.35. The van der Waals surface area contributed by atoms with E-state index in [1.165, 1.54) is 0 Å². The van der Waals surface area contributed by atoms with Gasteiger partial charge in [0.2, 0.25) is 0 Å². The molecular weight excluding hydrogens is 188 g/mol. The molecule has 82 valence electrons. The summed E-state index contributed by atoms with van der Waals surface area (Å²) in [5, 5.41) is 8.33. The number of hydrogen-bond donors (Lipinski definition) is 1. The van der Waals surface area contributed by atoms with E-state index >= 15 is 0 Å². The lowest BCUT2D eigenvalue weighted by Crippen LogP contribution is -2.32. The molecule has 1 aromatic heterocycles. The highest BCUT2D eigenvalue weighted by Crippen LogP contribution is 2.28. The van der Waals surface area contributed by atoms with Gasteiger partial charge in [-0.15, -0.1) is 0 Å². The molecule has 4 heteroatoms. The van der Waals surface area contributed by atoms with Crippen LogP contribution in [0.15, 0.2) is 12.1 Å². The van der Waals surface area contributed by atoms with Crippen molar-refractivity contribution in [1.82, 2.24) is 15.1 Å². The summed E-state index contributed by atoms with van der Waals surface area (Å²) in [5.74, 6) is 0. The SMILES string of the molecule is CCN1CCC(N)C1c1ccc(C)nn1. The smallest absolute Gasteiger partial charge is 0.0818 e. The summed E-state index contributed by atoms with van der Waals surface area (Å²) < 4.78 is 0. The van der Waals surface area contributed by atoms with Crippen molar-refractivity contribution in [3.8, 4) is 0 Å². The quantitative estimate of drug-likeness (QED) is 0.780. The Morgan fingerprint density at radius 2 is 2.27 bits per heavy atom. The minimum absolute atomic E-state index is 0.196. The van der Waals surface area contributed by atoms with Gasteiger partial charge in [-0.3, -0.25) is 4.90 Å². The normalized spacial score (nSPS) is 27.1. The van der Waals surface area contributed by atoms with Gasteiger partial charge in [0.25, 0.3) is 0 Å². The highest BCUT2D eigenvalue weighted by atomic mass is 15.2. The maximum Gasteiger partial charge on any atom is 0.0818 e. The molecule has 1 aliphatic rings. The van der Waals surface area contributed by atoms with Crippen molar-refractivity contribution in [3.05, 3.63) is 23.5 Å². The van der Waals surface area contributed by atoms with Crippen LogP contribution in [0.2, 0.25) is 0 Å². The summed E-state index contributed by atoms with van der Waals surface area (Å²) in [4.78, 5) is 2.37. The monoisotopic (exact) mass is 206 g/mol. The van der Waals surface area contributed by atoms with Crippen molar-refractivity contribution < 1.29 is 0 Å². The molecule has 0 bridgehead atoms. The molecule has 1 aliphatic heterocycles. The Morgan fingerprint density at radius 3 is 2.87 bits per heavy atom. The lowest BCUT2D eigenvalue weighted by molar-refractivity contribution is 0.255. The molecule has 0 amide bonds. The third kappa shape index (κ3) is 2.01. The molecule has 0 spiro atoms. The first-order valence-electron chi connectivity index (χ1n) is 5.52. The summed E-state index contributed by atoms with van der Waals surface area (Å²) in [6.07, 6.45) is 1.05. The molecule has 2 rings (SSSR count). The molecule has 0 aromatic carbocycles. The van der Waals surface area contributed by atoms with E-state index < -0.39 is 0 Å². The number of aromatic nitrogens is 2. The number of aryl methyl sites for hydroxylation is 1. The second-order valence-corrected chi connectivity index (χ2v) is 4.13. The molecule has 0 saturated carbocycles. The van der Waals surface area contributed by atoms with Crippen molar-refractivity contribution in [3.63, 3.8) is 0 Å². The molecular formula is C11H18N4. The van der Waals surface area contributed by atoms with Crippen molar-refractivity contribution in [2.45, 2.75) is 32.4 Å². The van der Waals surface area contributed by atoms with E-state index in [1.54, 1.807) is 0 Å². The number of likely N-dealkylation sites (N-methyl/N-ethyl adjacent to an activating group) is 1. The van der Waals surface area contributed by atoms with Crippen LogP contribution in [0.25, 0.3) is 0 Å². The molecule has 1 fully saturated rings. The summed E-state index contributed by atoms with van der Waals surface area (Å²) >= 11 is 0. The molecule has 0 radical (unpaired) electrons. The zero-order chi connectivity index (χ0) is 10.8. The van der Waals surface area contributed by atoms with Crippen molar-refractivity contribution in [2.75, 3.05) is 13.1 Å². The highest BCUT2D eigenvalue weighted by Gasteiger charge is 2.32. The number of likely N-dealkylation sites (tertiary alicyclic amines) is 1. The topological polar surface area (TPSA) is 55.0 Å². The molecule has 15 heavy (non-hydrogen) atoms. The fraction of sp³-hybridized carbons (Fsp3) is 0.636. The Morgan fingerprint density at radius 1 is 1.47 bits per heavy atom. The maximum absolute atomic E-state index is 6.11.